The number of aromatic nitrogens is 5. The summed E-state index contributed by atoms with van der Waals surface area (Å²) in [5, 5.41) is 4.77. The summed E-state index contributed by atoms with van der Waals surface area (Å²) in [6, 6.07) is 102. The zero-order valence-electron chi connectivity index (χ0n) is 41.4. The second-order valence-electron chi connectivity index (χ2n) is 16.4. The second-order valence-corrected chi connectivity index (χ2v) is 16.4. The normalized spacial score (nSPS) is 9.77. The smallest absolute Gasteiger partial charge is 0.0167 e. The molecule has 0 spiro atoms. The Kier molecular flexibility index (Phi) is 24.0. The van der Waals surface area contributed by atoms with E-state index in [1.54, 1.807) is 18.6 Å². The first-order valence-corrected chi connectivity index (χ1v) is 24.1. The molecule has 0 amide bonds. The topological polar surface area (TPSA) is 64.5 Å². The maximum absolute atomic E-state index is 4.45. The summed E-state index contributed by atoms with van der Waals surface area (Å²) in [5.74, 6) is 0. The zero-order chi connectivity index (χ0) is 50.2. The van der Waals surface area contributed by atoms with E-state index < -0.39 is 0 Å². The molecule has 0 aliphatic carbocycles. The van der Waals surface area contributed by atoms with E-state index in [0.29, 0.717) is 0 Å². The molecule has 0 aliphatic rings. The standard InChI is InChI=1S/C17H12N.2C15H10N.2C11H8N.3Ir/c1-2-7-14(8-3-1)15-9-6-10-16(13-15)17-11-4-5-12-18-17;2*1-2-7-13(8-3-1)15-14-9-5-4-6-12(14)10-11-16-15;2*1-2-6-10(7-3-1)11-8-4-5-9-12-11;;;/h1-9,11-13H;2*1-7,9-11H;2*1-6,8-9H;;;/q5*-1;;;. The minimum absolute atomic E-state index is 0. The van der Waals surface area contributed by atoms with Gasteiger partial charge in [0.05, 0.1) is 0 Å². The molecule has 0 atom stereocenters. The summed E-state index contributed by atoms with van der Waals surface area (Å²) < 4.78 is 0. The van der Waals surface area contributed by atoms with Gasteiger partial charge in [0.15, 0.2) is 0 Å². The minimum Gasteiger partial charge on any atom is -0.305 e. The van der Waals surface area contributed by atoms with Gasteiger partial charge in [0.2, 0.25) is 0 Å². The van der Waals surface area contributed by atoms with Gasteiger partial charge in [-0.1, -0.05) is 115 Å². The summed E-state index contributed by atoms with van der Waals surface area (Å²) in [4.78, 5) is 21.7. The molecule has 3 radical (unpaired) electrons. The van der Waals surface area contributed by atoms with Crippen LogP contribution in [0.4, 0.5) is 0 Å². The molecule has 0 fully saturated rings. The number of pyridine rings is 5. The Bertz CT molecular complexity index is 3370. The largest absolute Gasteiger partial charge is 0.305 e. The van der Waals surface area contributed by atoms with Crippen molar-refractivity contribution in [1.29, 1.82) is 0 Å². The van der Waals surface area contributed by atoms with Crippen molar-refractivity contribution in [1.82, 2.24) is 24.9 Å². The van der Waals surface area contributed by atoms with Gasteiger partial charge in [-0.3, -0.25) is 0 Å². The fourth-order valence-electron chi connectivity index (χ4n) is 7.85. The van der Waals surface area contributed by atoms with Crippen LogP contribution in [0.15, 0.2) is 292 Å². The van der Waals surface area contributed by atoms with Crippen LogP contribution in [0.5, 0.6) is 0 Å². The van der Waals surface area contributed by atoms with Crippen LogP contribution >= 0.6 is 0 Å². The first-order chi connectivity index (χ1) is 36.8. The Morgan fingerprint density at radius 1 is 0.234 bits per heavy atom. The van der Waals surface area contributed by atoms with Gasteiger partial charge in [0.25, 0.3) is 0 Å². The van der Waals surface area contributed by atoms with E-state index in [9.17, 15) is 0 Å². The summed E-state index contributed by atoms with van der Waals surface area (Å²) in [6.45, 7) is 0. The molecule has 0 unspecified atom stereocenters. The van der Waals surface area contributed by atoms with Gasteiger partial charge < -0.3 is 24.9 Å². The summed E-state index contributed by atoms with van der Waals surface area (Å²) in [6.07, 6.45) is 9.07. The molecular weight excluding hydrogens is 1480 g/mol. The molecular formula is C69H48Ir3N5-5. The molecule has 8 heteroatoms. The maximum Gasteiger partial charge on any atom is 0.0167 e. The Balaban J connectivity index is 0.000000156. The van der Waals surface area contributed by atoms with Gasteiger partial charge >= 0.3 is 0 Å². The molecule has 0 aliphatic heterocycles. The van der Waals surface area contributed by atoms with Crippen molar-refractivity contribution in [3.63, 3.8) is 0 Å². The Morgan fingerprint density at radius 3 is 1.00 bits per heavy atom. The molecule has 5 aromatic heterocycles. The van der Waals surface area contributed by atoms with Crippen LogP contribution < -0.4 is 0 Å². The van der Waals surface area contributed by atoms with Crippen LogP contribution in [-0.2, 0) is 60.3 Å². The average Bonchev–Trinajstić information content (AvgIpc) is 3.51. The van der Waals surface area contributed by atoms with Crippen molar-refractivity contribution in [2.45, 2.75) is 0 Å². The van der Waals surface area contributed by atoms with Crippen molar-refractivity contribution in [3.05, 3.63) is 322 Å². The predicted molar refractivity (Wildman–Crippen MR) is 303 cm³/mol. The van der Waals surface area contributed by atoms with Crippen LogP contribution in [0.25, 0.3) is 89.0 Å². The average molecular weight is 1520 g/mol. The van der Waals surface area contributed by atoms with Crippen molar-refractivity contribution in [2.24, 2.45) is 0 Å². The van der Waals surface area contributed by atoms with E-state index in [0.717, 1.165) is 56.3 Å². The van der Waals surface area contributed by atoms with Gasteiger partial charge in [-0.2, -0.15) is 0 Å². The van der Waals surface area contributed by atoms with Crippen LogP contribution in [-0.4, -0.2) is 24.9 Å². The van der Waals surface area contributed by atoms with Crippen LogP contribution in [0.2, 0.25) is 0 Å². The van der Waals surface area contributed by atoms with Gasteiger partial charge in [-0.15, -0.1) is 179 Å². The zero-order valence-corrected chi connectivity index (χ0v) is 48.6. The van der Waals surface area contributed by atoms with Crippen molar-refractivity contribution >= 4 is 21.5 Å². The molecule has 5 nitrogen and oxygen atoms in total. The van der Waals surface area contributed by atoms with E-state index in [4.69, 9.17) is 0 Å². The molecule has 8 aromatic carbocycles. The molecule has 5 heterocycles. The molecule has 0 saturated carbocycles. The van der Waals surface area contributed by atoms with Crippen molar-refractivity contribution in [2.75, 3.05) is 0 Å². The first-order valence-electron chi connectivity index (χ1n) is 24.1. The molecule has 0 N–H and O–H groups in total. The van der Waals surface area contributed by atoms with E-state index in [2.05, 4.69) is 104 Å². The molecule has 13 aromatic rings. The van der Waals surface area contributed by atoms with Crippen LogP contribution in [0, 0.1) is 30.3 Å². The number of hydrogen-bond acceptors (Lipinski definition) is 5. The Labute approximate surface area is 492 Å². The quantitative estimate of drug-likeness (QED) is 0.155. The van der Waals surface area contributed by atoms with Crippen molar-refractivity contribution < 1.29 is 60.3 Å². The third kappa shape index (κ3) is 17.0. The molecule has 0 bridgehead atoms. The number of rotatable bonds is 6. The molecule has 13 rings (SSSR count). The SMILES string of the molecule is [Ir].[Ir].[Ir].[c-]1ccc(-c2ccccc2)cc1-c1ccccn1.[c-]1ccccc1-c1ccccn1.[c-]1ccccc1-c1ccccn1.[c-]1ccccc1-c1nccc2ccccc12.[c-]1ccccc1-c1nccc2ccccc12. The fraction of sp³-hybridized carbons (Fsp3) is 0. The van der Waals surface area contributed by atoms with Crippen molar-refractivity contribution in [3.8, 4) is 67.4 Å². The van der Waals surface area contributed by atoms with E-state index >= 15 is 0 Å². The van der Waals surface area contributed by atoms with Gasteiger partial charge in [-0.25, -0.2) is 0 Å². The van der Waals surface area contributed by atoms with Gasteiger partial charge in [0.1, 0.15) is 0 Å². The Morgan fingerprint density at radius 2 is 0.597 bits per heavy atom. The summed E-state index contributed by atoms with van der Waals surface area (Å²) >= 11 is 0. The third-order valence-electron chi connectivity index (χ3n) is 11.4. The Hall–Kier alpha value is -8.02. The van der Waals surface area contributed by atoms with E-state index in [1.807, 2.05) is 225 Å². The number of fused-ring (bicyclic) bond motifs is 2. The fourth-order valence-corrected chi connectivity index (χ4v) is 7.85. The van der Waals surface area contributed by atoms with Crippen LogP contribution in [0.1, 0.15) is 0 Å². The van der Waals surface area contributed by atoms with Crippen LogP contribution in [0.3, 0.4) is 0 Å². The predicted octanol–water partition coefficient (Wildman–Crippen LogP) is 16.7. The number of nitrogens with zero attached hydrogens (tertiary/aromatic N) is 5. The van der Waals surface area contributed by atoms with E-state index in [-0.39, 0.29) is 60.3 Å². The first kappa shape index (κ1) is 58.2. The molecule has 0 saturated heterocycles. The minimum atomic E-state index is 0. The monoisotopic (exact) mass is 1530 g/mol. The summed E-state index contributed by atoms with van der Waals surface area (Å²) in [5.41, 5.74) is 12.5. The maximum atomic E-state index is 4.45. The van der Waals surface area contributed by atoms with Gasteiger partial charge in [0, 0.05) is 91.3 Å². The van der Waals surface area contributed by atoms with E-state index in [1.165, 1.54) is 32.7 Å². The molecule has 77 heavy (non-hydrogen) atoms. The third-order valence-corrected chi connectivity index (χ3v) is 11.4. The molecule has 381 valence electrons. The summed E-state index contributed by atoms with van der Waals surface area (Å²) in [7, 11) is 0. The number of benzene rings is 8. The van der Waals surface area contributed by atoms with Gasteiger partial charge in [-0.05, 0) is 85.9 Å². The number of hydrogen-bond donors (Lipinski definition) is 0. The second kappa shape index (κ2) is 31.8.